The Hall–Kier alpha value is -0.570. The highest BCUT2D eigenvalue weighted by Gasteiger charge is 1.95. The second-order valence-corrected chi connectivity index (χ2v) is 1.74. The number of amidine groups is 1. The molecule has 9 heavy (non-hydrogen) atoms. The molecule has 0 radical (unpaired) electrons. The van der Waals surface area contributed by atoms with Crippen LogP contribution in [-0.4, -0.2) is 29.2 Å². The highest BCUT2D eigenvalue weighted by Crippen LogP contribution is 1.84. The number of hydrogen-bond acceptors (Lipinski definition) is 2. The van der Waals surface area contributed by atoms with Gasteiger partial charge in [0.1, 0.15) is 5.84 Å². The SMILES string of the molecule is CC/N=C(\C)N(O)CC. The molecule has 0 aromatic rings. The van der Waals surface area contributed by atoms with Gasteiger partial charge in [0, 0.05) is 13.1 Å². The summed E-state index contributed by atoms with van der Waals surface area (Å²) in [6, 6.07) is 0. The van der Waals surface area contributed by atoms with Gasteiger partial charge in [-0.1, -0.05) is 0 Å². The van der Waals surface area contributed by atoms with E-state index in [1.54, 1.807) is 6.92 Å². The van der Waals surface area contributed by atoms with Gasteiger partial charge < -0.3 is 0 Å². The minimum atomic E-state index is 0.593. The van der Waals surface area contributed by atoms with Gasteiger partial charge in [0.25, 0.3) is 0 Å². The minimum Gasteiger partial charge on any atom is -0.287 e. The fourth-order valence-corrected chi connectivity index (χ4v) is 0.539. The summed E-state index contributed by atoms with van der Waals surface area (Å²) >= 11 is 0. The third-order valence-electron chi connectivity index (χ3n) is 1.06. The van der Waals surface area contributed by atoms with Gasteiger partial charge in [0.2, 0.25) is 0 Å². The fraction of sp³-hybridized carbons (Fsp3) is 0.833. The molecule has 3 heteroatoms. The quantitative estimate of drug-likeness (QED) is 0.345. The van der Waals surface area contributed by atoms with Crippen molar-refractivity contribution in [3.63, 3.8) is 0 Å². The molecule has 0 unspecified atom stereocenters. The molecule has 0 spiro atoms. The molecule has 0 amide bonds. The smallest absolute Gasteiger partial charge is 0.120 e. The molecule has 0 bridgehead atoms. The molecule has 0 atom stereocenters. The Morgan fingerprint density at radius 1 is 1.56 bits per heavy atom. The highest BCUT2D eigenvalue weighted by atomic mass is 16.5. The number of rotatable bonds is 2. The van der Waals surface area contributed by atoms with Crippen molar-refractivity contribution in [3.05, 3.63) is 0 Å². The molecular weight excluding hydrogens is 116 g/mol. The van der Waals surface area contributed by atoms with Gasteiger partial charge in [-0.15, -0.1) is 0 Å². The van der Waals surface area contributed by atoms with Crippen molar-refractivity contribution in [2.45, 2.75) is 20.8 Å². The zero-order valence-electron chi connectivity index (χ0n) is 6.26. The Morgan fingerprint density at radius 3 is 2.44 bits per heavy atom. The van der Waals surface area contributed by atoms with E-state index < -0.39 is 0 Å². The molecule has 0 aromatic heterocycles. The van der Waals surface area contributed by atoms with Crippen LogP contribution >= 0.6 is 0 Å². The normalized spacial score (nSPS) is 11.8. The number of nitrogens with zero attached hydrogens (tertiary/aromatic N) is 2. The third kappa shape index (κ3) is 3.08. The van der Waals surface area contributed by atoms with Crippen LogP contribution in [0.4, 0.5) is 0 Å². The third-order valence-corrected chi connectivity index (χ3v) is 1.06. The van der Waals surface area contributed by atoms with E-state index in [9.17, 15) is 0 Å². The summed E-state index contributed by atoms with van der Waals surface area (Å²) in [5.41, 5.74) is 0. The van der Waals surface area contributed by atoms with Gasteiger partial charge in [0.15, 0.2) is 0 Å². The minimum absolute atomic E-state index is 0.593. The van der Waals surface area contributed by atoms with E-state index in [1.807, 2.05) is 13.8 Å². The first-order valence-corrected chi connectivity index (χ1v) is 3.19. The zero-order valence-corrected chi connectivity index (χ0v) is 6.26. The van der Waals surface area contributed by atoms with Gasteiger partial charge in [0.05, 0.1) is 0 Å². The van der Waals surface area contributed by atoms with Gasteiger partial charge in [-0.3, -0.25) is 10.2 Å². The molecule has 1 N–H and O–H groups in total. The second kappa shape index (κ2) is 4.32. The van der Waals surface area contributed by atoms with Gasteiger partial charge in [-0.25, -0.2) is 5.06 Å². The van der Waals surface area contributed by atoms with Crippen LogP contribution in [0.15, 0.2) is 4.99 Å². The van der Waals surface area contributed by atoms with Crippen molar-refractivity contribution >= 4 is 5.84 Å². The summed E-state index contributed by atoms with van der Waals surface area (Å²) in [6.07, 6.45) is 0. The molecule has 0 aliphatic heterocycles. The Labute approximate surface area is 56.0 Å². The second-order valence-electron chi connectivity index (χ2n) is 1.74. The molecule has 0 saturated carbocycles. The van der Waals surface area contributed by atoms with E-state index >= 15 is 0 Å². The topological polar surface area (TPSA) is 35.8 Å². The van der Waals surface area contributed by atoms with Gasteiger partial charge >= 0.3 is 0 Å². The molecule has 0 aromatic carbocycles. The average molecular weight is 130 g/mol. The number of hydroxylamine groups is 2. The summed E-state index contributed by atoms with van der Waals surface area (Å²) in [6.45, 7) is 6.91. The van der Waals surface area contributed by atoms with Crippen LogP contribution in [0.25, 0.3) is 0 Å². The monoisotopic (exact) mass is 130 g/mol. The molecule has 0 aliphatic carbocycles. The first-order valence-electron chi connectivity index (χ1n) is 3.19. The maximum absolute atomic E-state index is 8.96. The molecule has 0 fully saturated rings. The van der Waals surface area contributed by atoms with Crippen molar-refractivity contribution in [3.8, 4) is 0 Å². The summed E-state index contributed by atoms with van der Waals surface area (Å²) in [5.74, 6) is 0.681. The molecule has 0 heterocycles. The van der Waals surface area contributed by atoms with E-state index in [1.165, 1.54) is 0 Å². The highest BCUT2D eigenvalue weighted by molar-refractivity contribution is 5.78. The van der Waals surface area contributed by atoms with Crippen molar-refractivity contribution in [1.82, 2.24) is 5.06 Å². The Balaban J connectivity index is 3.70. The lowest BCUT2D eigenvalue weighted by molar-refractivity contribution is -0.0102. The van der Waals surface area contributed by atoms with Crippen LogP contribution in [0.2, 0.25) is 0 Å². The van der Waals surface area contributed by atoms with Crippen LogP contribution in [0, 0.1) is 0 Å². The summed E-state index contributed by atoms with van der Waals surface area (Å²) in [5, 5.41) is 10.1. The summed E-state index contributed by atoms with van der Waals surface area (Å²) in [7, 11) is 0. The van der Waals surface area contributed by atoms with Crippen molar-refractivity contribution < 1.29 is 5.21 Å². The lowest BCUT2D eigenvalue weighted by Crippen LogP contribution is -2.24. The van der Waals surface area contributed by atoms with E-state index in [4.69, 9.17) is 5.21 Å². The van der Waals surface area contributed by atoms with Crippen LogP contribution < -0.4 is 0 Å². The van der Waals surface area contributed by atoms with Gasteiger partial charge in [-0.2, -0.15) is 0 Å². The summed E-state index contributed by atoms with van der Waals surface area (Å²) in [4.78, 5) is 3.99. The van der Waals surface area contributed by atoms with Gasteiger partial charge in [-0.05, 0) is 20.8 Å². The predicted octanol–water partition coefficient (Wildman–Crippen LogP) is 1.14. The van der Waals surface area contributed by atoms with Crippen LogP contribution in [0.1, 0.15) is 20.8 Å². The van der Waals surface area contributed by atoms with Crippen LogP contribution in [-0.2, 0) is 0 Å². The number of hydrogen-bond donors (Lipinski definition) is 1. The molecule has 3 nitrogen and oxygen atoms in total. The molecule has 0 saturated heterocycles. The first-order chi connectivity index (χ1) is 4.22. The summed E-state index contributed by atoms with van der Waals surface area (Å²) < 4.78 is 0. The lowest BCUT2D eigenvalue weighted by Gasteiger charge is -2.12. The predicted molar refractivity (Wildman–Crippen MR) is 37.8 cm³/mol. The fourth-order valence-electron chi connectivity index (χ4n) is 0.539. The Morgan fingerprint density at radius 2 is 2.11 bits per heavy atom. The first kappa shape index (κ1) is 8.43. The standard InChI is InChI=1S/C6H14N2O/c1-4-7-6(3)8(9)5-2/h9H,4-5H2,1-3H3/b7-6+. The van der Waals surface area contributed by atoms with E-state index in [2.05, 4.69) is 4.99 Å². The number of aliphatic imine (C=N–C) groups is 1. The molecular formula is C6H14N2O. The Kier molecular flexibility index (Phi) is 4.05. The largest absolute Gasteiger partial charge is 0.287 e. The molecule has 54 valence electrons. The molecule has 0 rings (SSSR count). The van der Waals surface area contributed by atoms with Crippen LogP contribution in [0.5, 0.6) is 0 Å². The maximum atomic E-state index is 8.96. The van der Waals surface area contributed by atoms with E-state index in [-0.39, 0.29) is 0 Å². The van der Waals surface area contributed by atoms with E-state index in [0.717, 1.165) is 11.6 Å². The average Bonchev–Trinajstić information content (AvgIpc) is 1.87. The molecule has 0 aliphatic rings. The van der Waals surface area contributed by atoms with E-state index in [0.29, 0.717) is 12.4 Å². The lowest BCUT2D eigenvalue weighted by atomic mass is 10.6. The maximum Gasteiger partial charge on any atom is 0.120 e. The zero-order chi connectivity index (χ0) is 7.28. The van der Waals surface area contributed by atoms with Crippen molar-refractivity contribution in [2.24, 2.45) is 4.99 Å². The van der Waals surface area contributed by atoms with Crippen molar-refractivity contribution in [2.75, 3.05) is 13.1 Å². The van der Waals surface area contributed by atoms with Crippen LogP contribution in [0.3, 0.4) is 0 Å². The Bertz CT molecular complexity index is 101. The van der Waals surface area contributed by atoms with Crippen molar-refractivity contribution in [1.29, 1.82) is 0 Å².